The van der Waals surface area contributed by atoms with Crippen LogP contribution in [-0.2, 0) is 17.9 Å². The summed E-state index contributed by atoms with van der Waals surface area (Å²) in [6, 6.07) is 3.53. The van der Waals surface area contributed by atoms with Crippen LogP contribution in [0.5, 0.6) is 0 Å². The first-order valence-electron chi connectivity index (χ1n) is 10.2. The number of nitrogens with zero attached hydrogens (tertiary/aromatic N) is 4. The fourth-order valence-electron chi connectivity index (χ4n) is 3.19. The van der Waals surface area contributed by atoms with Crippen LogP contribution < -0.4 is 10.6 Å². The van der Waals surface area contributed by atoms with E-state index in [1.165, 1.54) is 16.9 Å². The molecular weight excluding hydrogens is 425 g/mol. The molecule has 3 aromatic heterocycles. The van der Waals surface area contributed by atoms with E-state index in [0.29, 0.717) is 28.4 Å². The van der Waals surface area contributed by atoms with Gasteiger partial charge in [0.05, 0.1) is 36.6 Å². The van der Waals surface area contributed by atoms with Gasteiger partial charge in [-0.15, -0.1) is 0 Å². The quantitative estimate of drug-likeness (QED) is 0.554. The number of halogens is 3. The summed E-state index contributed by atoms with van der Waals surface area (Å²) in [5.41, 5.74) is 3.26. The predicted octanol–water partition coefficient (Wildman–Crippen LogP) is 2.89. The summed E-state index contributed by atoms with van der Waals surface area (Å²) >= 11 is 0. The van der Waals surface area contributed by atoms with Crippen molar-refractivity contribution in [2.45, 2.75) is 50.9 Å². The number of fused-ring (bicyclic) bond motifs is 1. The van der Waals surface area contributed by atoms with Crippen molar-refractivity contribution in [3.05, 3.63) is 59.3 Å². The Labute approximate surface area is 181 Å². The highest BCUT2D eigenvalue weighted by atomic mass is 19.4. The highest BCUT2D eigenvalue weighted by Crippen LogP contribution is 2.39. The molecule has 2 amide bonds. The van der Waals surface area contributed by atoms with Crippen molar-refractivity contribution in [3.8, 4) is 0 Å². The van der Waals surface area contributed by atoms with Crippen LogP contribution in [0.25, 0.3) is 5.65 Å². The van der Waals surface area contributed by atoms with E-state index < -0.39 is 24.9 Å². The smallest absolute Gasteiger partial charge is 0.352 e. The maximum absolute atomic E-state index is 12.4. The number of aromatic nitrogens is 4. The second-order valence-electron chi connectivity index (χ2n) is 7.75. The molecule has 0 saturated heterocycles. The number of alkyl halides is 3. The molecule has 0 spiro atoms. The normalized spacial score (nSPS) is 13.8. The van der Waals surface area contributed by atoms with Gasteiger partial charge in [0, 0.05) is 25.4 Å². The van der Waals surface area contributed by atoms with Gasteiger partial charge in [0.25, 0.3) is 5.91 Å². The largest absolute Gasteiger partial charge is 0.389 e. The Kier molecular flexibility index (Phi) is 6.06. The molecule has 2 N–H and O–H groups in total. The first kappa shape index (κ1) is 21.7. The number of carbonyl (C=O) groups excluding carboxylic acids is 2. The molecule has 1 saturated carbocycles. The van der Waals surface area contributed by atoms with Gasteiger partial charge in [-0.25, -0.2) is 9.50 Å². The van der Waals surface area contributed by atoms with E-state index >= 15 is 0 Å². The average Bonchev–Trinajstić information content (AvgIpc) is 3.54. The molecule has 168 valence electrons. The summed E-state index contributed by atoms with van der Waals surface area (Å²) in [5, 5.41) is 9.44. The number of hydrogen-bond acceptors (Lipinski definition) is 5. The minimum atomic E-state index is -4.37. The molecule has 0 atom stereocenters. The summed E-state index contributed by atoms with van der Waals surface area (Å²) in [6.07, 6.45) is 2.59. The Bertz CT molecular complexity index is 1140. The van der Waals surface area contributed by atoms with Gasteiger partial charge >= 0.3 is 6.18 Å². The van der Waals surface area contributed by atoms with Crippen molar-refractivity contribution in [1.29, 1.82) is 0 Å². The zero-order valence-electron chi connectivity index (χ0n) is 17.0. The van der Waals surface area contributed by atoms with Gasteiger partial charge in [-0.1, -0.05) is 0 Å². The van der Waals surface area contributed by atoms with Crippen molar-refractivity contribution < 1.29 is 22.8 Å². The Morgan fingerprint density at radius 1 is 1.09 bits per heavy atom. The van der Waals surface area contributed by atoms with E-state index in [1.54, 1.807) is 18.5 Å². The summed E-state index contributed by atoms with van der Waals surface area (Å²) in [7, 11) is 0. The van der Waals surface area contributed by atoms with Crippen molar-refractivity contribution in [2.75, 3.05) is 0 Å². The van der Waals surface area contributed by atoms with Gasteiger partial charge in [0.2, 0.25) is 5.91 Å². The van der Waals surface area contributed by atoms with Gasteiger partial charge in [-0.2, -0.15) is 18.3 Å². The molecule has 11 heteroatoms. The Hall–Kier alpha value is -3.50. The molecule has 0 bridgehead atoms. The molecule has 0 radical (unpaired) electrons. The minimum Gasteiger partial charge on any atom is -0.352 e. The summed E-state index contributed by atoms with van der Waals surface area (Å²) in [5.74, 6) is -0.426. The van der Waals surface area contributed by atoms with Crippen molar-refractivity contribution in [2.24, 2.45) is 0 Å². The summed E-state index contributed by atoms with van der Waals surface area (Å²) < 4.78 is 38.1. The van der Waals surface area contributed by atoms with Crippen LogP contribution in [0, 0.1) is 0 Å². The molecule has 3 heterocycles. The molecule has 4 rings (SSSR count). The third kappa shape index (κ3) is 5.80. The predicted molar refractivity (Wildman–Crippen MR) is 108 cm³/mol. The van der Waals surface area contributed by atoms with Gasteiger partial charge in [0.1, 0.15) is 0 Å². The second-order valence-corrected chi connectivity index (χ2v) is 7.75. The summed E-state index contributed by atoms with van der Waals surface area (Å²) in [6.45, 7) is 0.239. The number of pyridine rings is 1. The highest BCUT2D eigenvalue weighted by molar-refractivity contribution is 5.94. The van der Waals surface area contributed by atoms with Crippen molar-refractivity contribution >= 4 is 17.5 Å². The van der Waals surface area contributed by atoms with Gasteiger partial charge in [0.15, 0.2) is 5.65 Å². The third-order valence-corrected chi connectivity index (χ3v) is 5.05. The van der Waals surface area contributed by atoms with E-state index in [1.807, 2.05) is 6.07 Å². The van der Waals surface area contributed by atoms with Crippen LogP contribution in [0.4, 0.5) is 13.2 Å². The lowest BCUT2D eigenvalue weighted by Gasteiger charge is -2.07. The van der Waals surface area contributed by atoms with Crippen LogP contribution in [0.3, 0.4) is 0 Å². The molecule has 32 heavy (non-hydrogen) atoms. The molecule has 0 aromatic carbocycles. The van der Waals surface area contributed by atoms with Crippen molar-refractivity contribution in [1.82, 2.24) is 30.2 Å². The fourth-order valence-corrected chi connectivity index (χ4v) is 3.19. The van der Waals surface area contributed by atoms with Crippen LogP contribution in [-0.4, -0.2) is 37.6 Å². The molecule has 0 unspecified atom stereocenters. The highest BCUT2D eigenvalue weighted by Gasteiger charge is 2.27. The molecule has 3 aromatic rings. The average molecular weight is 446 g/mol. The van der Waals surface area contributed by atoms with E-state index in [2.05, 4.69) is 25.7 Å². The maximum atomic E-state index is 12.4. The number of hydrogen-bond donors (Lipinski definition) is 2. The van der Waals surface area contributed by atoms with E-state index in [0.717, 1.165) is 18.4 Å². The van der Waals surface area contributed by atoms with Gasteiger partial charge in [-0.05, 0) is 42.0 Å². The standard InChI is InChI=1S/C21H21F3N6O2/c22-21(23,24)4-3-19(31)26-7-13-5-18-29-17(12-30(18)28-8-13)11-27-20(32)16-6-15(9-25-10-16)14-1-2-14/h5-6,8-10,12,14H,1-4,7,11H2,(H,26,31)(H,27,32). The molecule has 0 aliphatic heterocycles. The zero-order chi connectivity index (χ0) is 22.7. The molecule has 8 nitrogen and oxygen atoms in total. The Balaban J connectivity index is 1.32. The van der Waals surface area contributed by atoms with Crippen molar-refractivity contribution in [3.63, 3.8) is 0 Å². The SMILES string of the molecule is O=C(CCC(F)(F)F)NCc1cnn2cc(CNC(=O)c3cncc(C4CC4)c3)nc2c1. The van der Waals surface area contributed by atoms with Crippen LogP contribution in [0.15, 0.2) is 36.9 Å². The van der Waals surface area contributed by atoms with Gasteiger partial charge < -0.3 is 10.6 Å². The first-order valence-corrected chi connectivity index (χ1v) is 10.2. The fraction of sp³-hybridized carbons (Fsp3) is 0.381. The van der Waals surface area contributed by atoms with Gasteiger partial charge in [-0.3, -0.25) is 14.6 Å². The maximum Gasteiger partial charge on any atom is 0.389 e. The zero-order valence-corrected chi connectivity index (χ0v) is 17.0. The number of imidazole rings is 1. The molecule has 1 fully saturated rings. The van der Waals surface area contributed by atoms with E-state index in [4.69, 9.17) is 0 Å². The van der Waals surface area contributed by atoms with Crippen LogP contribution in [0.2, 0.25) is 0 Å². The van der Waals surface area contributed by atoms with Crippen LogP contribution >= 0.6 is 0 Å². The number of amides is 2. The Morgan fingerprint density at radius 3 is 2.66 bits per heavy atom. The molecular formula is C21H21F3N6O2. The van der Waals surface area contributed by atoms with Crippen LogP contribution in [0.1, 0.15) is 58.8 Å². The second kappa shape index (κ2) is 8.93. The molecule has 1 aliphatic rings. The molecule has 1 aliphatic carbocycles. The topological polar surface area (TPSA) is 101 Å². The number of rotatable bonds is 8. The Morgan fingerprint density at radius 2 is 1.91 bits per heavy atom. The van der Waals surface area contributed by atoms with E-state index in [-0.39, 0.29) is 19.0 Å². The summed E-state index contributed by atoms with van der Waals surface area (Å²) in [4.78, 5) is 32.5. The minimum absolute atomic E-state index is 0.0451. The third-order valence-electron chi connectivity index (χ3n) is 5.05. The lowest BCUT2D eigenvalue weighted by molar-refractivity contribution is -0.144. The monoisotopic (exact) mass is 446 g/mol. The lowest BCUT2D eigenvalue weighted by atomic mass is 10.1. The van der Waals surface area contributed by atoms with E-state index in [9.17, 15) is 22.8 Å². The lowest BCUT2D eigenvalue weighted by Crippen LogP contribution is -2.24. The number of nitrogens with one attached hydrogen (secondary N) is 2. The number of carbonyl (C=O) groups is 2. The first-order chi connectivity index (χ1) is 15.3.